The molecule has 0 saturated heterocycles. The molecule has 2 rings (SSSR count). The first-order valence-electron chi connectivity index (χ1n) is 4.68. The van der Waals surface area contributed by atoms with E-state index in [1.54, 1.807) is 24.3 Å². The molecule has 0 saturated carbocycles. The van der Waals surface area contributed by atoms with Crippen LogP contribution >= 0.6 is 0 Å². The lowest BCUT2D eigenvalue weighted by Gasteiger charge is -2.05. The van der Waals surface area contributed by atoms with Crippen molar-refractivity contribution in [2.75, 3.05) is 0 Å². The van der Waals surface area contributed by atoms with E-state index in [4.69, 9.17) is 5.11 Å². The van der Waals surface area contributed by atoms with Gasteiger partial charge in [-0.3, -0.25) is 0 Å². The van der Waals surface area contributed by atoms with E-state index in [-0.39, 0.29) is 12.3 Å². The maximum absolute atomic E-state index is 13.7. The molecule has 0 aliphatic rings. The number of H-pyrrole nitrogens is 1. The van der Waals surface area contributed by atoms with Gasteiger partial charge in [0.2, 0.25) is 5.88 Å². The van der Waals surface area contributed by atoms with E-state index < -0.39 is 6.17 Å². The van der Waals surface area contributed by atoms with E-state index in [0.29, 0.717) is 11.3 Å². The van der Waals surface area contributed by atoms with Gasteiger partial charge in [0.05, 0.1) is 5.69 Å². The normalized spacial score (nSPS) is 12.6. The summed E-state index contributed by atoms with van der Waals surface area (Å²) in [5, 5.41) is 15.1. The van der Waals surface area contributed by atoms with Gasteiger partial charge < -0.3 is 5.11 Å². The zero-order valence-electron chi connectivity index (χ0n) is 8.02. The van der Waals surface area contributed by atoms with Gasteiger partial charge in [-0.05, 0) is 5.56 Å². The summed E-state index contributed by atoms with van der Waals surface area (Å²) in [6.45, 7) is 0. The molecule has 2 aromatic rings. The molecule has 4 heteroatoms. The molecular formula is C11H11FN2O. The number of aromatic hydroxyl groups is 1. The number of aromatic amines is 1. The van der Waals surface area contributed by atoms with Gasteiger partial charge in [-0.25, -0.2) is 9.49 Å². The molecule has 15 heavy (non-hydrogen) atoms. The summed E-state index contributed by atoms with van der Waals surface area (Å²) in [6.07, 6.45) is -0.921. The van der Waals surface area contributed by atoms with Gasteiger partial charge in [-0.2, -0.15) is 5.10 Å². The minimum atomic E-state index is -1.09. The van der Waals surface area contributed by atoms with Crippen LogP contribution in [0.25, 0.3) is 0 Å². The van der Waals surface area contributed by atoms with Gasteiger partial charge >= 0.3 is 0 Å². The van der Waals surface area contributed by atoms with Crippen LogP contribution in [0.5, 0.6) is 5.88 Å². The number of hydrogen-bond acceptors (Lipinski definition) is 2. The monoisotopic (exact) mass is 206 g/mol. The van der Waals surface area contributed by atoms with Gasteiger partial charge in [0.25, 0.3) is 0 Å². The third-order valence-corrected chi connectivity index (χ3v) is 2.17. The SMILES string of the molecule is Oc1cc(CC(F)c2ccccc2)n[nH]1. The molecule has 1 atom stereocenters. The maximum Gasteiger partial charge on any atom is 0.206 e. The Morgan fingerprint density at radius 2 is 2.07 bits per heavy atom. The zero-order chi connectivity index (χ0) is 10.7. The number of nitrogens with one attached hydrogen (secondary N) is 1. The van der Waals surface area contributed by atoms with Crippen molar-refractivity contribution in [1.82, 2.24) is 10.2 Å². The fourth-order valence-electron chi connectivity index (χ4n) is 1.42. The minimum Gasteiger partial charge on any atom is -0.494 e. The molecule has 0 amide bonds. The van der Waals surface area contributed by atoms with Crippen molar-refractivity contribution < 1.29 is 9.50 Å². The predicted molar refractivity (Wildman–Crippen MR) is 54.2 cm³/mol. The second kappa shape index (κ2) is 4.13. The molecule has 1 aromatic heterocycles. The van der Waals surface area contributed by atoms with Crippen LogP contribution in [0.4, 0.5) is 4.39 Å². The third kappa shape index (κ3) is 2.34. The fraction of sp³-hybridized carbons (Fsp3) is 0.182. The molecule has 1 aromatic carbocycles. The number of halogens is 1. The Hall–Kier alpha value is -1.84. The van der Waals surface area contributed by atoms with Crippen LogP contribution in [-0.4, -0.2) is 15.3 Å². The fourth-order valence-corrected chi connectivity index (χ4v) is 1.42. The van der Waals surface area contributed by atoms with Crippen molar-refractivity contribution in [1.29, 1.82) is 0 Å². The highest BCUT2D eigenvalue weighted by Gasteiger charge is 2.12. The Morgan fingerprint density at radius 1 is 1.33 bits per heavy atom. The van der Waals surface area contributed by atoms with E-state index >= 15 is 0 Å². The summed E-state index contributed by atoms with van der Waals surface area (Å²) in [6, 6.07) is 10.3. The molecule has 78 valence electrons. The topological polar surface area (TPSA) is 48.9 Å². The first-order valence-corrected chi connectivity index (χ1v) is 4.68. The van der Waals surface area contributed by atoms with E-state index in [0.717, 1.165) is 0 Å². The summed E-state index contributed by atoms with van der Waals surface area (Å²) < 4.78 is 13.7. The van der Waals surface area contributed by atoms with Crippen molar-refractivity contribution in [3.63, 3.8) is 0 Å². The highest BCUT2D eigenvalue weighted by Crippen LogP contribution is 2.22. The van der Waals surface area contributed by atoms with Crippen LogP contribution in [0.15, 0.2) is 36.4 Å². The van der Waals surface area contributed by atoms with Crippen molar-refractivity contribution in [3.05, 3.63) is 47.7 Å². The van der Waals surface area contributed by atoms with Gasteiger partial charge in [-0.1, -0.05) is 30.3 Å². The average molecular weight is 206 g/mol. The number of aromatic nitrogens is 2. The highest BCUT2D eigenvalue weighted by molar-refractivity contribution is 5.20. The molecule has 0 fully saturated rings. The van der Waals surface area contributed by atoms with Gasteiger partial charge in [0.15, 0.2) is 0 Å². The van der Waals surface area contributed by atoms with E-state index in [1.807, 2.05) is 6.07 Å². The number of alkyl halides is 1. The molecule has 0 aliphatic carbocycles. The Kier molecular flexibility index (Phi) is 2.67. The molecule has 1 heterocycles. The molecule has 3 nitrogen and oxygen atoms in total. The molecule has 0 aliphatic heterocycles. The van der Waals surface area contributed by atoms with E-state index in [2.05, 4.69) is 10.2 Å². The van der Waals surface area contributed by atoms with Gasteiger partial charge in [0, 0.05) is 12.5 Å². The Balaban J connectivity index is 2.07. The van der Waals surface area contributed by atoms with Crippen molar-refractivity contribution in [2.45, 2.75) is 12.6 Å². The number of nitrogens with zero attached hydrogens (tertiary/aromatic N) is 1. The molecule has 1 unspecified atom stereocenters. The van der Waals surface area contributed by atoms with Crippen LogP contribution in [0.3, 0.4) is 0 Å². The van der Waals surface area contributed by atoms with Crippen LogP contribution in [0.1, 0.15) is 17.4 Å². The summed E-state index contributed by atoms with van der Waals surface area (Å²) >= 11 is 0. The van der Waals surface area contributed by atoms with E-state index in [1.165, 1.54) is 6.07 Å². The average Bonchev–Trinajstić information content (AvgIpc) is 2.65. The predicted octanol–water partition coefficient (Wildman–Crippen LogP) is 2.37. The van der Waals surface area contributed by atoms with Gasteiger partial charge in [-0.15, -0.1) is 0 Å². The third-order valence-electron chi connectivity index (χ3n) is 2.17. The number of benzene rings is 1. The lowest BCUT2D eigenvalue weighted by molar-refractivity contribution is 0.339. The first-order chi connectivity index (χ1) is 7.25. The number of hydrogen-bond donors (Lipinski definition) is 2. The van der Waals surface area contributed by atoms with Crippen LogP contribution in [0, 0.1) is 0 Å². The standard InChI is InChI=1S/C11H11FN2O/c12-10(8-4-2-1-3-5-8)6-9-7-11(15)14-13-9/h1-5,7,10H,6H2,(H2,13,14,15). The first kappa shape index (κ1) is 9.71. The quantitative estimate of drug-likeness (QED) is 0.809. The van der Waals surface area contributed by atoms with Crippen LogP contribution < -0.4 is 0 Å². The molecule has 0 radical (unpaired) electrons. The lowest BCUT2D eigenvalue weighted by Crippen LogP contribution is -1.96. The lowest BCUT2D eigenvalue weighted by atomic mass is 10.1. The highest BCUT2D eigenvalue weighted by atomic mass is 19.1. The van der Waals surface area contributed by atoms with Crippen LogP contribution in [-0.2, 0) is 6.42 Å². The summed E-state index contributed by atoms with van der Waals surface area (Å²) in [5.74, 6) is -0.0368. The second-order valence-electron chi connectivity index (χ2n) is 3.33. The maximum atomic E-state index is 13.7. The van der Waals surface area contributed by atoms with Crippen molar-refractivity contribution in [2.24, 2.45) is 0 Å². The largest absolute Gasteiger partial charge is 0.494 e. The Morgan fingerprint density at radius 3 is 2.67 bits per heavy atom. The summed E-state index contributed by atoms with van der Waals surface area (Å²) in [5.41, 5.74) is 1.14. The summed E-state index contributed by atoms with van der Waals surface area (Å²) in [7, 11) is 0. The van der Waals surface area contributed by atoms with Crippen molar-refractivity contribution >= 4 is 0 Å². The zero-order valence-corrected chi connectivity index (χ0v) is 8.02. The van der Waals surface area contributed by atoms with Gasteiger partial charge in [0.1, 0.15) is 6.17 Å². The summed E-state index contributed by atoms with van der Waals surface area (Å²) in [4.78, 5) is 0. The van der Waals surface area contributed by atoms with Crippen molar-refractivity contribution in [3.8, 4) is 5.88 Å². The minimum absolute atomic E-state index is 0.0368. The van der Waals surface area contributed by atoms with E-state index in [9.17, 15) is 4.39 Å². The molecular weight excluding hydrogens is 195 g/mol. The molecule has 0 spiro atoms. The molecule has 0 bridgehead atoms. The Bertz CT molecular complexity index is 427. The second-order valence-corrected chi connectivity index (χ2v) is 3.33. The number of rotatable bonds is 3. The Labute approximate surface area is 86.6 Å². The smallest absolute Gasteiger partial charge is 0.206 e. The van der Waals surface area contributed by atoms with Crippen LogP contribution in [0.2, 0.25) is 0 Å². The molecule has 2 N–H and O–H groups in total.